The molecule has 2 rings (SSSR count). The summed E-state index contributed by atoms with van der Waals surface area (Å²) in [6.45, 7) is 3.72. The number of alkyl halides is 1. The van der Waals surface area contributed by atoms with E-state index in [0.29, 0.717) is 18.8 Å². The average Bonchev–Trinajstić information content (AvgIpc) is 2.95. The van der Waals surface area contributed by atoms with E-state index in [1.54, 1.807) is 0 Å². The SMILES string of the molecule is CC(C)OC(=O)CCC/C=C\CC1C(CC[C@H](O)C2CCCCC2)[C@@H](O)C[C@@H]1Cl. The summed E-state index contributed by atoms with van der Waals surface area (Å²) in [5.74, 6) is 0.730. The van der Waals surface area contributed by atoms with E-state index in [1.165, 1.54) is 19.3 Å². The number of carbonyl (C=O) groups is 1. The third-order valence-electron chi connectivity index (χ3n) is 6.66. The topological polar surface area (TPSA) is 66.8 Å². The van der Waals surface area contributed by atoms with Crippen molar-refractivity contribution in [3.8, 4) is 0 Å². The number of ether oxygens (including phenoxy) is 1. The lowest BCUT2D eigenvalue weighted by Crippen LogP contribution is -2.26. The first-order valence-corrected chi connectivity index (χ1v) is 12.2. The fraction of sp³-hybridized carbons (Fsp3) is 0.875. The maximum absolute atomic E-state index is 11.5. The first kappa shape index (κ1) is 24.7. The van der Waals surface area contributed by atoms with Gasteiger partial charge in [-0.3, -0.25) is 4.79 Å². The Kier molecular flexibility index (Phi) is 11.0. The van der Waals surface area contributed by atoms with Gasteiger partial charge >= 0.3 is 5.97 Å². The van der Waals surface area contributed by atoms with E-state index < -0.39 is 0 Å². The Morgan fingerprint density at radius 2 is 1.90 bits per heavy atom. The highest BCUT2D eigenvalue weighted by Crippen LogP contribution is 2.42. The summed E-state index contributed by atoms with van der Waals surface area (Å²) >= 11 is 6.54. The largest absolute Gasteiger partial charge is 0.463 e. The molecule has 2 N–H and O–H groups in total. The standard InChI is InChI=1S/C24H41ClO4/c1-17(2)29-24(28)13-9-4-3-8-12-19-20(23(27)16-21(19)25)14-15-22(26)18-10-6-5-7-11-18/h3,8,17-23,26-27H,4-7,9-16H2,1-2H3/b8-3-/t19?,20?,21-,22-,23-/m0/s1. The van der Waals surface area contributed by atoms with Crippen molar-refractivity contribution < 1.29 is 19.7 Å². The number of aliphatic hydroxyl groups excluding tert-OH is 2. The van der Waals surface area contributed by atoms with E-state index in [9.17, 15) is 15.0 Å². The summed E-state index contributed by atoms with van der Waals surface area (Å²) in [6.07, 6.45) is 14.9. The quantitative estimate of drug-likeness (QED) is 0.200. The molecule has 2 aliphatic rings. The van der Waals surface area contributed by atoms with Crippen molar-refractivity contribution in [1.29, 1.82) is 0 Å². The fourth-order valence-corrected chi connectivity index (χ4v) is 5.51. The number of aliphatic hydroxyl groups is 2. The van der Waals surface area contributed by atoms with E-state index >= 15 is 0 Å². The Morgan fingerprint density at radius 1 is 1.17 bits per heavy atom. The molecule has 2 aliphatic carbocycles. The summed E-state index contributed by atoms with van der Waals surface area (Å²) in [4.78, 5) is 11.5. The number of hydrogen-bond donors (Lipinski definition) is 2. The summed E-state index contributed by atoms with van der Waals surface area (Å²) in [5.41, 5.74) is 0. The number of allylic oxidation sites excluding steroid dienone is 2. The molecular weight excluding hydrogens is 388 g/mol. The van der Waals surface area contributed by atoms with Crippen molar-refractivity contribution in [3.63, 3.8) is 0 Å². The maximum atomic E-state index is 11.5. The normalized spacial score (nSPS) is 29.6. The lowest BCUT2D eigenvalue weighted by atomic mass is 9.81. The minimum atomic E-state index is -0.361. The van der Waals surface area contributed by atoms with Crippen LogP contribution in [0, 0.1) is 17.8 Å². The molecule has 5 atom stereocenters. The van der Waals surface area contributed by atoms with Gasteiger partial charge in [0.1, 0.15) is 0 Å². The lowest BCUT2D eigenvalue weighted by Gasteiger charge is -2.29. The molecule has 0 bridgehead atoms. The van der Waals surface area contributed by atoms with Gasteiger partial charge in [-0.2, -0.15) is 0 Å². The molecule has 0 amide bonds. The third kappa shape index (κ3) is 8.59. The molecule has 0 aromatic carbocycles. The number of halogens is 1. The second kappa shape index (κ2) is 13.0. The number of unbranched alkanes of at least 4 members (excludes halogenated alkanes) is 1. The highest BCUT2D eigenvalue weighted by atomic mass is 35.5. The second-order valence-electron chi connectivity index (χ2n) is 9.33. The Hall–Kier alpha value is -0.580. The molecule has 2 unspecified atom stereocenters. The Labute approximate surface area is 182 Å². The van der Waals surface area contributed by atoms with Gasteiger partial charge < -0.3 is 14.9 Å². The van der Waals surface area contributed by atoms with Crippen molar-refractivity contribution >= 4 is 17.6 Å². The predicted octanol–water partition coefficient (Wildman–Crippen LogP) is 5.38. The Morgan fingerprint density at radius 3 is 2.59 bits per heavy atom. The first-order valence-electron chi connectivity index (χ1n) is 11.7. The zero-order valence-electron chi connectivity index (χ0n) is 18.3. The molecule has 2 fully saturated rings. The van der Waals surface area contributed by atoms with Gasteiger partial charge in [0, 0.05) is 11.8 Å². The van der Waals surface area contributed by atoms with E-state index in [4.69, 9.17) is 16.3 Å². The first-order chi connectivity index (χ1) is 13.9. The molecule has 0 heterocycles. The minimum Gasteiger partial charge on any atom is -0.463 e. The predicted molar refractivity (Wildman–Crippen MR) is 118 cm³/mol. The van der Waals surface area contributed by atoms with Crippen LogP contribution in [-0.2, 0) is 9.53 Å². The average molecular weight is 429 g/mol. The zero-order chi connectivity index (χ0) is 21.2. The van der Waals surface area contributed by atoms with Gasteiger partial charge in [0.15, 0.2) is 0 Å². The van der Waals surface area contributed by atoms with Crippen molar-refractivity contribution in [1.82, 2.24) is 0 Å². The van der Waals surface area contributed by atoms with Gasteiger partial charge in [-0.15, -0.1) is 11.6 Å². The summed E-state index contributed by atoms with van der Waals surface area (Å²) < 4.78 is 5.14. The molecule has 0 radical (unpaired) electrons. The van der Waals surface area contributed by atoms with Gasteiger partial charge in [0.05, 0.1) is 18.3 Å². The van der Waals surface area contributed by atoms with Gasteiger partial charge in [-0.1, -0.05) is 31.4 Å². The fourth-order valence-electron chi connectivity index (χ4n) is 5.04. The number of rotatable bonds is 11. The van der Waals surface area contributed by atoms with Crippen LogP contribution in [0.5, 0.6) is 0 Å². The molecular formula is C24H41ClO4. The van der Waals surface area contributed by atoms with Crippen LogP contribution in [0.15, 0.2) is 12.2 Å². The molecule has 0 aromatic heterocycles. The maximum Gasteiger partial charge on any atom is 0.306 e. The van der Waals surface area contributed by atoms with Crippen LogP contribution in [0.25, 0.3) is 0 Å². The van der Waals surface area contributed by atoms with Gasteiger partial charge in [-0.25, -0.2) is 0 Å². The molecule has 2 saturated carbocycles. The van der Waals surface area contributed by atoms with Gasteiger partial charge in [0.25, 0.3) is 0 Å². The van der Waals surface area contributed by atoms with Crippen molar-refractivity contribution in [2.75, 3.05) is 0 Å². The highest BCUT2D eigenvalue weighted by Gasteiger charge is 2.40. The smallest absolute Gasteiger partial charge is 0.306 e. The summed E-state index contributed by atoms with van der Waals surface area (Å²) in [6, 6.07) is 0. The molecule has 5 heteroatoms. The molecule has 0 spiro atoms. The van der Waals surface area contributed by atoms with E-state index in [1.807, 2.05) is 13.8 Å². The lowest BCUT2D eigenvalue weighted by molar-refractivity contribution is -0.147. The number of carbonyl (C=O) groups excluding carboxylic acids is 1. The highest BCUT2D eigenvalue weighted by molar-refractivity contribution is 6.21. The zero-order valence-corrected chi connectivity index (χ0v) is 19.0. The molecule has 0 aliphatic heterocycles. The molecule has 0 saturated heterocycles. The van der Waals surface area contributed by atoms with Crippen LogP contribution in [0.2, 0.25) is 0 Å². The van der Waals surface area contributed by atoms with Crippen LogP contribution >= 0.6 is 11.6 Å². The Bertz CT molecular complexity index is 501. The Balaban J connectivity index is 1.72. The molecule has 168 valence electrons. The van der Waals surface area contributed by atoms with E-state index in [0.717, 1.165) is 44.9 Å². The summed E-state index contributed by atoms with van der Waals surface area (Å²) in [7, 11) is 0. The summed E-state index contributed by atoms with van der Waals surface area (Å²) in [5, 5.41) is 21.1. The minimum absolute atomic E-state index is 0.00695. The van der Waals surface area contributed by atoms with Crippen LogP contribution in [0.1, 0.15) is 90.9 Å². The van der Waals surface area contributed by atoms with Crippen molar-refractivity contribution in [3.05, 3.63) is 12.2 Å². The van der Waals surface area contributed by atoms with E-state index in [-0.39, 0.29) is 41.5 Å². The van der Waals surface area contributed by atoms with Crippen LogP contribution < -0.4 is 0 Å². The van der Waals surface area contributed by atoms with Gasteiger partial charge in [0.2, 0.25) is 0 Å². The van der Waals surface area contributed by atoms with Crippen LogP contribution in [-0.4, -0.2) is 39.9 Å². The van der Waals surface area contributed by atoms with Gasteiger partial charge in [-0.05, 0) is 83.0 Å². The second-order valence-corrected chi connectivity index (χ2v) is 9.89. The van der Waals surface area contributed by atoms with Crippen LogP contribution in [0.4, 0.5) is 0 Å². The van der Waals surface area contributed by atoms with Crippen LogP contribution in [0.3, 0.4) is 0 Å². The molecule has 4 nitrogen and oxygen atoms in total. The molecule has 0 aromatic rings. The van der Waals surface area contributed by atoms with Crippen molar-refractivity contribution in [2.45, 2.75) is 115 Å². The molecule has 29 heavy (non-hydrogen) atoms. The monoisotopic (exact) mass is 428 g/mol. The number of hydrogen-bond acceptors (Lipinski definition) is 4. The van der Waals surface area contributed by atoms with E-state index in [2.05, 4.69) is 12.2 Å². The third-order valence-corrected chi connectivity index (χ3v) is 7.16. The van der Waals surface area contributed by atoms with Crippen molar-refractivity contribution in [2.24, 2.45) is 17.8 Å². The number of esters is 1.